The predicted octanol–water partition coefficient (Wildman–Crippen LogP) is 1.35. The molecule has 1 aromatic carbocycles. The highest BCUT2D eigenvalue weighted by Crippen LogP contribution is 2.23. The Morgan fingerprint density at radius 1 is 1.21 bits per heavy atom. The summed E-state index contributed by atoms with van der Waals surface area (Å²) in [5.74, 6) is 0.210. The molecule has 5 heteroatoms. The number of pyridine rings is 1. The van der Waals surface area contributed by atoms with E-state index in [1.165, 1.54) is 0 Å². The second kappa shape index (κ2) is 6.49. The lowest BCUT2D eigenvalue weighted by Gasteiger charge is -2.15. The van der Waals surface area contributed by atoms with Crippen molar-refractivity contribution in [2.75, 3.05) is 19.6 Å². The van der Waals surface area contributed by atoms with Crippen LogP contribution in [0.25, 0.3) is 10.9 Å². The van der Waals surface area contributed by atoms with Crippen LogP contribution in [0.3, 0.4) is 0 Å². The summed E-state index contributed by atoms with van der Waals surface area (Å²) in [6, 6.07) is 12.6. The molecule has 0 unspecified atom stereocenters. The minimum absolute atomic E-state index is 0.0779. The lowest BCUT2D eigenvalue weighted by molar-refractivity contribution is -0.122. The molecule has 24 heavy (non-hydrogen) atoms. The number of rotatable bonds is 5. The summed E-state index contributed by atoms with van der Waals surface area (Å²) in [5.41, 5.74) is 1.99. The van der Waals surface area contributed by atoms with Crippen LogP contribution in [-0.2, 0) is 11.2 Å². The maximum Gasteiger partial charge on any atom is 0.234 e. The molecule has 1 saturated heterocycles. The molecule has 2 aromatic rings. The molecule has 126 valence electrons. The number of nitrogens with zero attached hydrogens (tertiary/aromatic N) is 2. The van der Waals surface area contributed by atoms with Crippen molar-refractivity contribution >= 4 is 16.8 Å². The van der Waals surface area contributed by atoms with E-state index in [1.54, 1.807) is 0 Å². The van der Waals surface area contributed by atoms with Crippen LogP contribution in [0.1, 0.15) is 18.5 Å². The SMILES string of the molecule is O=C(CN1C[C@@H](Cc2ccc3ccccc3n2)[C@H](O)C1)NC1CC1. The van der Waals surface area contributed by atoms with Crippen LogP contribution in [0.15, 0.2) is 36.4 Å². The highest BCUT2D eigenvalue weighted by atomic mass is 16.3. The van der Waals surface area contributed by atoms with Crippen molar-refractivity contribution in [1.29, 1.82) is 0 Å². The van der Waals surface area contributed by atoms with Crippen molar-refractivity contribution in [3.8, 4) is 0 Å². The Balaban J connectivity index is 1.37. The number of benzene rings is 1. The van der Waals surface area contributed by atoms with Crippen LogP contribution in [-0.4, -0.2) is 52.7 Å². The van der Waals surface area contributed by atoms with E-state index in [1.807, 2.05) is 29.2 Å². The molecule has 1 aliphatic heterocycles. The number of fused-ring (bicyclic) bond motifs is 1. The third-order valence-electron chi connectivity index (χ3n) is 4.92. The van der Waals surface area contributed by atoms with E-state index in [0.29, 0.717) is 19.1 Å². The third-order valence-corrected chi connectivity index (χ3v) is 4.92. The first kappa shape index (κ1) is 15.5. The number of aliphatic hydroxyl groups excluding tert-OH is 1. The average Bonchev–Trinajstić information content (AvgIpc) is 3.31. The topological polar surface area (TPSA) is 65.5 Å². The van der Waals surface area contributed by atoms with Gasteiger partial charge in [0, 0.05) is 36.1 Å². The van der Waals surface area contributed by atoms with Gasteiger partial charge in [-0.3, -0.25) is 14.7 Å². The fourth-order valence-corrected chi connectivity index (χ4v) is 3.47. The van der Waals surface area contributed by atoms with Gasteiger partial charge >= 0.3 is 0 Å². The molecular formula is C19H23N3O2. The standard InChI is InChI=1S/C19H23N3O2/c23-18-11-22(12-19(24)21-15-7-8-15)10-14(18)9-16-6-5-13-3-1-2-4-17(13)20-16/h1-6,14-15,18,23H,7-12H2,(H,21,24)/t14-,18-/m1/s1. The van der Waals surface area contributed by atoms with Crippen LogP contribution in [0.4, 0.5) is 0 Å². The van der Waals surface area contributed by atoms with Crippen LogP contribution in [0.2, 0.25) is 0 Å². The molecule has 2 fully saturated rings. The van der Waals surface area contributed by atoms with Gasteiger partial charge in [-0.2, -0.15) is 0 Å². The number of hydrogen-bond acceptors (Lipinski definition) is 4. The van der Waals surface area contributed by atoms with Crippen molar-refractivity contribution in [2.45, 2.75) is 31.4 Å². The van der Waals surface area contributed by atoms with Gasteiger partial charge in [-0.1, -0.05) is 24.3 Å². The summed E-state index contributed by atoms with van der Waals surface area (Å²) in [7, 11) is 0. The lowest BCUT2D eigenvalue weighted by Crippen LogP contribution is -2.37. The number of amides is 1. The van der Waals surface area contributed by atoms with Gasteiger partial charge < -0.3 is 10.4 Å². The number of para-hydroxylation sites is 1. The first-order chi connectivity index (χ1) is 11.7. The van der Waals surface area contributed by atoms with Crippen LogP contribution < -0.4 is 5.32 Å². The zero-order chi connectivity index (χ0) is 16.5. The Bertz CT molecular complexity index is 744. The van der Waals surface area contributed by atoms with Gasteiger partial charge in [-0.25, -0.2) is 0 Å². The molecule has 2 aliphatic rings. The molecule has 5 nitrogen and oxygen atoms in total. The molecule has 2 heterocycles. The number of carbonyl (C=O) groups is 1. The Morgan fingerprint density at radius 2 is 2.04 bits per heavy atom. The van der Waals surface area contributed by atoms with Crippen LogP contribution in [0.5, 0.6) is 0 Å². The molecule has 0 radical (unpaired) electrons. The Kier molecular flexibility index (Phi) is 4.21. The molecule has 0 spiro atoms. The van der Waals surface area contributed by atoms with Gasteiger partial charge in [0.25, 0.3) is 0 Å². The van der Waals surface area contributed by atoms with Crippen molar-refractivity contribution in [3.63, 3.8) is 0 Å². The fourth-order valence-electron chi connectivity index (χ4n) is 3.47. The van der Waals surface area contributed by atoms with Gasteiger partial charge in [0.2, 0.25) is 5.91 Å². The van der Waals surface area contributed by atoms with E-state index in [9.17, 15) is 9.90 Å². The monoisotopic (exact) mass is 325 g/mol. The Hall–Kier alpha value is -1.98. The summed E-state index contributed by atoms with van der Waals surface area (Å²) in [6.45, 7) is 1.69. The van der Waals surface area contributed by atoms with E-state index in [-0.39, 0.29) is 11.8 Å². The molecular weight excluding hydrogens is 302 g/mol. The number of likely N-dealkylation sites (tertiary alicyclic amines) is 1. The minimum atomic E-state index is -0.396. The highest BCUT2D eigenvalue weighted by Gasteiger charge is 2.33. The summed E-state index contributed by atoms with van der Waals surface area (Å²) in [4.78, 5) is 18.7. The van der Waals surface area contributed by atoms with Crippen molar-refractivity contribution in [3.05, 3.63) is 42.1 Å². The third kappa shape index (κ3) is 3.57. The zero-order valence-electron chi connectivity index (χ0n) is 13.7. The largest absolute Gasteiger partial charge is 0.391 e. The first-order valence-corrected chi connectivity index (χ1v) is 8.72. The number of aliphatic hydroxyl groups is 1. The second-order valence-electron chi connectivity index (χ2n) is 7.06. The number of nitrogens with one attached hydrogen (secondary N) is 1. The van der Waals surface area contributed by atoms with E-state index in [4.69, 9.17) is 4.98 Å². The van der Waals surface area contributed by atoms with E-state index < -0.39 is 6.10 Å². The lowest BCUT2D eigenvalue weighted by atomic mass is 9.99. The van der Waals surface area contributed by atoms with Crippen molar-refractivity contribution in [1.82, 2.24) is 15.2 Å². The smallest absolute Gasteiger partial charge is 0.234 e. The van der Waals surface area contributed by atoms with E-state index in [0.717, 1.165) is 42.4 Å². The molecule has 2 atom stereocenters. The quantitative estimate of drug-likeness (QED) is 0.871. The van der Waals surface area contributed by atoms with Crippen molar-refractivity contribution in [2.24, 2.45) is 5.92 Å². The van der Waals surface area contributed by atoms with Crippen LogP contribution >= 0.6 is 0 Å². The average molecular weight is 325 g/mol. The molecule has 1 saturated carbocycles. The summed E-state index contributed by atoms with van der Waals surface area (Å²) < 4.78 is 0. The predicted molar refractivity (Wildman–Crippen MR) is 92.5 cm³/mol. The zero-order valence-corrected chi connectivity index (χ0v) is 13.7. The summed E-state index contributed by atoms with van der Waals surface area (Å²) >= 11 is 0. The maximum atomic E-state index is 11.9. The van der Waals surface area contributed by atoms with Gasteiger partial charge in [-0.05, 0) is 31.4 Å². The van der Waals surface area contributed by atoms with Gasteiger partial charge in [-0.15, -0.1) is 0 Å². The number of hydrogen-bond donors (Lipinski definition) is 2. The molecule has 1 amide bonds. The summed E-state index contributed by atoms with van der Waals surface area (Å²) in [5, 5.41) is 14.5. The van der Waals surface area contributed by atoms with Crippen molar-refractivity contribution < 1.29 is 9.90 Å². The van der Waals surface area contributed by atoms with E-state index in [2.05, 4.69) is 17.4 Å². The Morgan fingerprint density at radius 3 is 2.88 bits per heavy atom. The maximum absolute atomic E-state index is 11.9. The number of β-amino-alcohol motifs (C(OH)–C–C–N with tert-alkyl or cyclic N) is 1. The highest BCUT2D eigenvalue weighted by molar-refractivity contribution is 5.79. The molecule has 4 rings (SSSR count). The first-order valence-electron chi connectivity index (χ1n) is 8.72. The van der Waals surface area contributed by atoms with Gasteiger partial charge in [0.15, 0.2) is 0 Å². The molecule has 2 N–H and O–H groups in total. The van der Waals surface area contributed by atoms with Gasteiger partial charge in [0.1, 0.15) is 0 Å². The van der Waals surface area contributed by atoms with E-state index >= 15 is 0 Å². The summed E-state index contributed by atoms with van der Waals surface area (Å²) in [6.07, 6.45) is 2.55. The second-order valence-corrected chi connectivity index (χ2v) is 7.06. The van der Waals surface area contributed by atoms with Crippen LogP contribution in [0, 0.1) is 5.92 Å². The fraction of sp³-hybridized carbons (Fsp3) is 0.474. The normalized spacial score (nSPS) is 24.4. The Labute approximate surface area is 141 Å². The van der Waals surface area contributed by atoms with Gasteiger partial charge in [0.05, 0.1) is 18.2 Å². The molecule has 1 aromatic heterocycles. The number of carbonyl (C=O) groups excluding carboxylic acids is 1. The molecule has 1 aliphatic carbocycles. The number of aromatic nitrogens is 1. The minimum Gasteiger partial charge on any atom is -0.391 e. The molecule has 0 bridgehead atoms.